The van der Waals surface area contributed by atoms with E-state index >= 15 is 0 Å². The molecule has 5 heteroatoms. The van der Waals surface area contributed by atoms with Gasteiger partial charge in [-0.1, -0.05) is 13.8 Å². The third-order valence-corrected chi connectivity index (χ3v) is 3.04. The third kappa shape index (κ3) is 2.92. The van der Waals surface area contributed by atoms with Crippen LogP contribution in [0.1, 0.15) is 43.5 Å². The van der Waals surface area contributed by atoms with E-state index in [-0.39, 0.29) is 0 Å². The molecule has 2 aromatic heterocycles. The second-order valence-electron chi connectivity index (χ2n) is 5.16. The highest BCUT2D eigenvalue weighted by Crippen LogP contribution is 2.27. The molecular formula is C15H21N5. The van der Waals surface area contributed by atoms with Gasteiger partial charge in [0.15, 0.2) is 11.6 Å². The zero-order valence-electron chi connectivity index (χ0n) is 12.7. The minimum Gasteiger partial charge on any atom is -0.370 e. The zero-order chi connectivity index (χ0) is 14.7. The molecule has 0 spiro atoms. The van der Waals surface area contributed by atoms with Gasteiger partial charge in [-0.3, -0.25) is 0 Å². The van der Waals surface area contributed by atoms with E-state index in [0.29, 0.717) is 17.6 Å². The minimum atomic E-state index is 0.372. The van der Waals surface area contributed by atoms with E-state index in [9.17, 15) is 0 Å². The van der Waals surface area contributed by atoms with Crippen molar-refractivity contribution in [3.05, 3.63) is 29.2 Å². The fraction of sp³-hybridized carbons (Fsp3) is 0.467. The van der Waals surface area contributed by atoms with Crippen LogP contribution in [-0.4, -0.2) is 26.5 Å². The number of nitrogens with zero attached hydrogens (tertiary/aromatic N) is 4. The fourth-order valence-corrected chi connectivity index (χ4v) is 2.18. The van der Waals surface area contributed by atoms with E-state index in [1.807, 2.05) is 13.8 Å². The summed E-state index contributed by atoms with van der Waals surface area (Å²) in [6.45, 7) is 11.1. The Morgan fingerprint density at radius 1 is 1.05 bits per heavy atom. The largest absolute Gasteiger partial charge is 0.370 e. The molecule has 106 valence electrons. The lowest BCUT2D eigenvalue weighted by atomic mass is 10.0. The van der Waals surface area contributed by atoms with Gasteiger partial charge in [-0.15, -0.1) is 0 Å². The van der Waals surface area contributed by atoms with Crippen molar-refractivity contribution in [2.45, 2.75) is 40.5 Å². The van der Waals surface area contributed by atoms with Crippen molar-refractivity contribution in [3.8, 4) is 11.6 Å². The van der Waals surface area contributed by atoms with Crippen LogP contribution in [-0.2, 0) is 0 Å². The van der Waals surface area contributed by atoms with Crippen LogP contribution in [0.5, 0.6) is 0 Å². The van der Waals surface area contributed by atoms with E-state index < -0.39 is 0 Å². The lowest BCUT2D eigenvalue weighted by Crippen LogP contribution is -2.10. The van der Waals surface area contributed by atoms with Crippen LogP contribution in [0.25, 0.3) is 11.6 Å². The highest BCUT2D eigenvalue weighted by Gasteiger charge is 2.16. The highest BCUT2D eigenvalue weighted by atomic mass is 15.1. The predicted molar refractivity (Wildman–Crippen MR) is 80.8 cm³/mol. The van der Waals surface area contributed by atoms with Crippen LogP contribution in [0, 0.1) is 13.8 Å². The summed E-state index contributed by atoms with van der Waals surface area (Å²) >= 11 is 0. The van der Waals surface area contributed by atoms with Crippen LogP contribution >= 0.6 is 0 Å². The molecule has 0 amide bonds. The molecule has 0 saturated heterocycles. The van der Waals surface area contributed by atoms with E-state index in [2.05, 4.69) is 46.0 Å². The molecule has 0 radical (unpaired) electrons. The second kappa shape index (κ2) is 5.94. The van der Waals surface area contributed by atoms with Crippen molar-refractivity contribution in [2.24, 2.45) is 0 Å². The summed E-state index contributed by atoms with van der Waals surface area (Å²) in [5.74, 6) is 2.39. The van der Waals surface area contributed by atoms with Crippen molar-refractivity contribution in [2.75, 3.05) is 11.9 Å². The molecule has 20 heavy (non-hydrogen) atoms. The molecule has 0 aliphatic carbocycles. The predicted octanol–water partition coefficient (Wildman–Crippen LogP) is 3.11. The van der Waals surface area contributed by atoms with Gasteiger partial charge in [-0.2, -0.15) is 0 Å². The lowest BCUT2D eigenvalue weighted by Gasteiger charge is -2.16. The average Bonchev–Trinajstić information content (AvgIpc) is 2.38. The van der Waals surface area contributed by atoms with E-state index in [1.54, 1.807) is 12.4 Å². The van der Waals surface area contributed by atoms with Gasteiger partial charge < -0.3 is 5.32 Å². The molecule has 0 aromatic carbocycles. The van der Waals surface area contributed by atoms with Crippen molar-refractivity contribution in [1.82, 2.24) is 19.9 Å². The van der Waals surface area contributed by atoms with Crippen LogP contribution < -0.4 is 5.32 Å². The summed E-state index contributed by atoms with van der Waals surface area (Å²) in [5, 5.41) is 3.31. The normalized spacial score (nSPS) is 10.9. The number of aryl methyl sites for hydroxylation is 2. The quantitative estimate of drug-likeness (QED) is 0.925. The van der Waals surface area contributed by atoms with Crippen LogP contribution in [0.3, 0.4) is 0 Å². The van der Waals surface area contributed by atoms with Crippen LogP contribution in [0.2, 0.25) is 0 Å². The molecule has 0 unspecified atom stereocenters. The van der Waals surface area contributed by atoms with Crippen molar-refractivity contribution in [3.63, 3.8) is 0 Å². The third-order valence-electron chi connectivity index (χ3n) is 3.04. The molecule has 2 heterocycles. The Balaban J connectivity index is 2.53. The molecule has 2 aromatic rings. The lowest BCUT2D eigenvalue weighted by molar-refractivity contribution is 0.829. The molecule has 0 atom stereocenters. The Morgan fingerprint density at radius 3 is 2.25 bits per heavy atom. The van der Waals surface area contributed by atoms with E-state index in [4.69, 9.17) is 0 Å². The summed E-state index contributed by atoms with van der Waals surface area (Å²) in [5.41, 5.74) is 3.16. The van der Waals surface area contributed by atoms with Crippen molar-refractivity contribution >= 4 is 5.82 Å². The molecule has 0 aliphatic rings. The summed E-state index contributed by atoms with van der Waals surface area (Å²) in [7, 11) is 0. The monoisotopic (exact) mass is 271 g/mol. The first kappa shape index (κ1) is 14.4. The number of nitrogens with one attached hydrogen (secondary N) is 1. The van der Waals surface area contributed by atoms with Gasteiger partial charge in [-0.25, -0.2) is 19.9 Å². The molecule has 0 bridgehead atoms. The van der Waals surface area contributed by atoms with E-state index in [0.717, 1.165) is 29.2 Å². The molecule has 1 N–H and O–H groups in total. The topological polar surface area (TPSA) is 63.6 Å². The summed E-state index contributed by atoms with van der Waals surface area (Å²) in [6, 6.07) is 0. The molecule has 0 saturated carbocycles. The Kier molecular flexibility index (Phi) is 4.27. The number of hydrogen-bond donors (Lipinski definition) is 1. The number of rotatable bonds is 4. The first-order chi connectivity index (χ1) is 9.52. The number of hydrogen-bond acceptors (Lipinski definition) is 5. The highest BCUT2D eigenvalue weighted by molar-refractivity contribution is 5.55. The van der Waals surface area contributed by atoms with Crippen molar-refractivity contribution in [1.29, 1.82) is 0 Å². The van der Waals surface area contributed by atoms with Gasteiger partial charge in [0.05, 0.1) is 0 Å². The summed E-state index contributed by atoms with van der Waals surface area (Å²) in [4.78, 5) is 17.8. The van der Waals surface area contributed by atoms with Gasteiger partial charge in [0.1, 0.15) is 5.82 Å². The average molecular weight is 271 g/mol. The molecule has 0 aliphatic heterocycles. The van der Waals surface area contributed by atoms with Crippen LogP contribution in [0.15, 0.2) is 12.4 Å². The molecule has 0 fully saturated rings. The molecular weight excluding hydrogens is 250 g/mol. The van der Waals surface area contributed by atoms with Gasteiger partial charge in [-0.05, 0) is 32.3 Å². The molecule has 5 nitrogen and oxygen atoms in total. The smallest absolute Gasteiger partial charge is 0.199 e. The van der Waals surface area contributed by atoms with Crippen LogP contribution in [0.4, 0.5) is 5.82 Å². The maximum absolute atomic E-state index is 4.60. The van der Waals surface area contributed by atoms with Gasteiger partial charge in [0.25, 0.3) is 0 Å². The first-order valence-corrected chi connectivity index (χ1v) is 6.94. The Bertz CT molecular complexity index is 590. The van der Waals surface area contributed by atoms with Gasteiger partial charge in [0.2, 0.25) is 0 Å². The van der Waals surface area contributed by atoms with Gasteiger partial charge in [0, 0.05) is 30.2 Å². The SMILES string of the molecule is CCNc1nc(-c2ncc(C)cn2)nc(C)c1C(C)C. The second-order valence-corrected chi connectivity index (χ2v) is 5.16. The van der Waals surface area contributed by atoms with Gasteiger partial charge >= 0.3 is 0 Å². The fourth-order valence-electron chi connectivity index (χ4n) is 2.18. The summed E-state index contributed by atoms with van der Waals surface area (Å²) in [6.07, 6.45) is 3.56. The maximum atomic E-state index is 4.60. The Labute approximate surface area is 119 Å². The minimum absolute atomic E-state index is 0.372. The number of anilines is 1. The Hall–Kier alpha value is -2.04. The summed E-state index contributed by atoms with van der Waals surface area (Å²) < 4.78 is 0. The zero-order valence-corrected chi connectivity index (χ0v) is 12.7. The first-order valence-electron chi connectivity index (χ1n) is 6.94. The maximum Gasteiger partial charge on any atom is 0.199 e. The van der Waals surface area contributed by atoms with E-state index in [1.165, 1.54) is 0 Å². The molecule has 2 rings (SSSR count). The number of aromatic nitrogens is 4. The Morgan fingerprint density at radius 2 is 1.70 bits per heavy atom. The standard InChI is InChI=1S/C15H21N5/c1-6-16-13-12(9(2)3)11(5)19-15(20-13)14-17-7-10(4)8-18-14/h7-9H,6H2,1-5H3,(H,16,19,20). The van der Waals surface area contributed by atoms with Crippen molar-refractivity contribution < 1.29 is 0 Å².